The predicted molar refractivity (Wildman–Crippen MR) is 71.2 cm³/mol. The minimum absolute atomic E-state index is 0.269. The van der Waals surface area contributed by atoms with Gasteiger partial charge >= 0.3 is 0 Å². The molecule has 0 bridgehead atoms. The Bertz CT molecular complexity index is 585. The standard InChI is InChI=1S/C14H16FN3O2/c1-14(16)7-19-13(20-8-14)12-17-6-11(18-12)9-2-4-10(15)5-3-9/h2-6,13H,7-8,16H2,1H3,(H,17,18). The molecule has 5 nitrogen and oxygen atoms in total. The van der Waals surface area contributed by atoms with Gasteiger partial charge in [-0.1, -0.05) is 0 Å². The van der Waals surface area contributed by atoms with Crippen molar-refractivity contribution in [2.24, 2.45) is 5.73 Å². The molecule has 0 aliphatic carbocycles. The fourth-order valence-corrected chi connectivity index (χ4v) is 2.01. The molecule has 0 spiro atoms. The van der Waals surface area contributed by atoms with Crippen LogP contribution in [0.1, 0.15) is 19.0 Å². The number of hydrogen-bond acceptors (Lipinski definition) is 4. The number of halogens is 1. The molecule has 2 heterocycles. The number of imidazole rings is 1. The second-order valence-electron chi connectivity index (χ2n) is 5.30. The number of ether oxygens (including phenoxy) is 2. The van der Waals surface area contributed by atoms with E-state index in [2.05, 4.69) is 9.97 Å². The summed E-state index contributed by atoms with van der Waals surface area (Å²) in [6.07, 6.45) is 1.13. The maximum absolute atomic E-state index is 12.9. The quantitative estimate of drug-likeness (QED) is 0.880. The van der Waals surface area contributed by atoms with Crippen molar-refractivity contribution in [3.8, 4) is 11.3 Å². The van der Waals surface area contributed by atoms with Crippen LogP contribution in [-0.2, 0) is 9.47 Å². The maximum atomic E-state index is 12.9. The van der Waals surface area contributed by atoms with Crippen LogP contribution < -0.4 is 5.73 Å². The molecule has 1 aliphatic heterocycles. The first-order chi connectivity index (χ1) is 9.53. The van der Waals surface area contributed by atoms with E-state index < -0.39 is 11.8 Å². The minimum atomic E-state index is -0.541. The highest BCUT2D eigenvalue weighted by Crippen LogP contribution is 2.26. The van der Waals surface area contributed by atoms with Gasteiger partial charge in [0.2, 0.25) is 6.29 Å². The van der Waals surface area contributed by atoms with Gasteiger partial charge in [-0.3, -0.25) is 0 Å². The highest BCUT2D eigenvalue weighted by molar-refractivity contribution is 5.58. The number of aromatic amines is 1. The van der Waals surface area contributed by atoms with Crippen LogP contribution in [0.15, 0.2) is 30.5 Å². The number of H-pyrrole nitrogens is 1. The van der Waals surface area contributed by atoms with Crippen molar-refractivity contribution in [3.05, 3.63) is 42.1 Å². The highest BCUT2D eigenvalue weighted by atomic mass is 19.1. The summed E-state index contributed by atoms with van der Waals surface area (Å²) in [5.41, 5.74) is 7.08. The van der Waals surface area contributed by atoms with Crippen LogP contribution in [0.5, 0.6) is 0 Å². The van der Waals surface area contributed by atoms with Gasteiger partial charge in [-0.15, -0.1) is 0 Å². The third-order valence-electron chi connectivity index (χ3n) is 3.10. The molecule has 1 aliphatic rings. The third-order valence-corrected chi connectivity index (χ3v) is 3.10. The van der Waals surface area contributed by atoms with E-state index in [4.69, 9.17) is 15.2 Å². The Balaban J connectivity index is 1.76. The second kappa shape index (κ2) is 4.97. The summed E-state index contributed by atoms with van der Waals surface area (Å²) in [6, 6.07) is 6.19. The van der Waals surface area contributed by atoms with Crippen molar-refractivity contribution in [3.63, 3.8) is 0 Å². The Hall–Kier alpha value is -1.76. The molecule has 3 rings (SSSR count). The Kier molecular flexibility index (Phi) is 3.29. The van der Waals surface area contributed by atoms with E-state index in [9.17, 15) is 4.39 Å². The average Bonchev–Trinajstić information content (AvgIpc) is 2.89. The fraction of sp³-hybridized carbons (Fsp3) is 0.357. The zero-order valence-electron chi connectivity index (χ0n) is 11.1. The molecule has 2 aromatic rings. The molecule has 1 aromatic carbocycles. The van der Waals surface area contributed by atoms with Gasteiger partial charge in [-0.2, -0.15) is 0 Å². The molecule has 1 saturated heterocycles. The summed E-state index contributed by atoms with van der Waals surface area (Å²) in [5.74, 6) is 0.314. The van der Waals surface area contributed by atoms with Gasteiger partial charge in [0.1, 0.15) is 5.82 Å². The SMILES string of the molecule is CC1(N)COC(c2ncc(-c3ccc(F)cc3)[nH]2)OC1. The van der Waals surface area contributed by atoms with Crippen molar-refractivity contribution in [2.45, 2.75) is 18.8 Å². The first kappa shape index (κ1) is 13.2. The van der Waals surface area contributed by atoms with Crippen LogP contribution in [0.3, 0.4) is 0 Å². The first-order valence-electron chi connectivity index (χ1n) is 6.36. The van der Waals surface area contributed by atoms with Gasteiger partial charge in [0.15, 0.2) is 5.82 Å². The zero-order valence-corrected chi connectivity index (χ0v) is 11.1. The van der Waals surface area contributed by atoms with Crippen molar-refractivity contribution < 1.29 is 13.9 Å². The van der Waals surface area contributed by atoms with E-state index in [0.717, 1.165) is 11.3 Å². The number of aromatic nitrogens is 2. The van der Waals surface area contributed by atoms with E-state index >= 15 is 0 Å². The maximum Gasteiger partial charge on any atom is 0.217 e. The molecule has 0 saturated carbocycles. The van der Waals surface area contributed by atoms with Crippen molar-refractivity contribution >= 4 is 0 Å². The number of rotatable bonds is 2. The van der Waals surface area contributed by atoms with E-state index in [1.54, 1.807) is 18.3 Å². The lowest BCUT2D eigenvalue weighted by Crippen LogP contribution is -2.50. The minimum Gasteiger partial charge on any atom is -0.344 e. The lowest BCUT2D eigenvalue weighted by molar-refractivity contribution is -0.211. The smallest absolute Gasteiger partial charge is 0.217 e. The highest BCUT2D eigenvalue weighted by Gasteiger charge is 2.31. The van der Waals surface area contributed by atoms with Crippen molar-refractivity contribution in [1.29, 1.82) is 0 Å². The topological polar surface area (TPSA) is 73.2 Å². The number of nitrogens with zero attached hydrogens (tertiary/aromatic N) is 1. The number of hydrogen-bond donors (Lipinski definition) is 2. The fourth-order valence-electron chi connectivity index (χ4n) is 2.01. The summed E-state index contributed by atoms with van der Waals surface area (Å²) in [6.45, 7) is 2.68. The van der Waals surface area contributed by atoms with Crippen LogP contribution >= 0.6 is 0 Å². The normalized spacial score (nSPS) is 26.6. The summed E-state index contributed by atoms with van der Waals surface area (Å²) in [7, 11) is 0. The van der Waals surface area contributed by atoms with Crippen molar-refractivity contribution in [2.75, 3.05) is 13.2 Å². The van der Waals surface area contributed by atoms with Crippen LogP contribution in [-0.4, -0.2) is 28.7 Å². The van der Waals surface area contributed by atoms with E-state index in [1.807, 2.05) is 6.92 Å². The molecule has 1 fully saturated rings. The van der Waals surface area contributed by atoms with Gasteiger partial charge in [0.25, 0.3) is 0 Å². The van der Waals surface area contributed by atoms with Gasteiger partial charge in [0, 0.05) is 0 Å². The van der Waals surface area contributed by atoms with E-state index in [-0.39, 0.29) is 5.82 Å². The Labute approximate surface area is 115 Å². The van der Waals surface area contributed by atoms with Crippen LogP contribution in [0.4, 0.5) is 4.39 Å². The van der Waals surface area contributed by atoms with Gasteiger partial charge in [-0.05, 0) is 36.8 Å². The lowest BCUT2D eigenvalue weighted by Gasteiger charge is -2.33. The molecular formula is C14H16FN3O2. The molecule has 106 valence electrons. The summed E-state index contributed by atoms with van der Waals surface area (Å²) >= 11 is 0. The molecule has 0 amide bonds. The molecule has 0 radical (unpaired) electrons. The summed E-state index contributed by atoms with van der Waals surface area (Å²) in [4.78, 5) is 7.37. The molecule has 3 N–H and O–H groups in total. The molecule has 1 aromatic heterocycles. The van der Waals surface area contributed by atoms with Crippen LogP contribution in [0.2, 0.25) is 0 Å². The summed E-state index contributed by atoms with van der Waals surface area (Å²) in [5, 5.41) is 0. The lowest BCUT2D eigenvalue weighted by atomic mass is 10.1. The Morgan fingerprint density at radius 3 is 2.60 bits per heavy atom. The monoisotopic (exact) mass is 277 g/mol. The van der Waals surface area contributed by atoms with Crippen LogP contribution in [0.25, 0.3) is 11.3 Å². The Morgan fingerprint density at radius 1 is 1.30 bits per heavy atom. The number of benzene rings is 1. The molecule has 6 heteroatoms. The molecular weight excluding hydrogens is 261 g/mol. The number of nitrogens with one attached hydrogen (secondary N) is 1. The van der Waals surface area contributed by atoms with E-state index in [0.29, 0.717) is 19.0 Å². The van der Waals surface area contributed by atoms with Crippen molar-refractivity contribution in [1.82, 2.24) is 9.97 Å². The molecule has 0 unspecified atom stereocenters. The first-order valence-corrected chi connectivity index (χ1v) is 6.36. The second-order valence-corrected chi connectivity index (χ2v) is 5.30. The zero-order chi connectivity index (χ0) is 14.2. The average molecular weight is 277 g/mol. The largest absolute Gasteiger partial charge is 0.344 e. The summed E-state index contributed by atoms with van der Waals surface area (Å²) < 4.78 is 24.0. The van der Waals surface area contributed by atoms with Gasteiger partial charge in [-0.25, -0.2) is 9.37 Å². The number of nitrogens with two attached hydrogens (primary N) is 1. The van der Waals surface area contributed by atoms with Gasteiger partial charge in [0.05, 0.1) is 30.6 Å². The predicted octanol–water partition coefficient (Wildman–Crippen LogP) is 1.98. The van der Waals surface area contributed by atoms with Crippen LogP contribution in [0, 0.1) is 5.82 Å². The Morgan fingerprint density at radius 2 is 1.95 bits per heavy atom. The molecule has 0 atom stereocenters. The molecule has 20 heavy (non-hydrogen) atoms. The van der Waals surface area contributed by atoms with Gasteiger partial charge < -0.3 is 20.2 Å². The third kappa shape index (κ3) is 2.72. The van der Waals surface area contributed by atoms with E-state index in [1.165, 1.54) is 12.1 Å².